The van der Waals surface area contributed by atoms with Gasteiger partial charge in [0.2, 0.25) is 0 Å². The number of piperidine rings is 1. The maximum absolute atomic E-state index is 5.61. The van der Waals surface area contributed by atoms with Gasteiger partial charge in [0.15, 0.2) is 5.82 Å². The normalized spacial score (nSPS) is 18.2. The smallest absolute Gasteiger partial charge is 0.163 e. The fourth-order valence-electron chi connectivity index (χ4n) is 3.03. The number of hydrogen-bond acceptors (Lipinski definition) is 5. The number of ether oxygens (including phenoxy) is 1. The van der Waals surface area contributed by atoms with Crippen LogP contribution in [0.3, 0.4) is 0 Å². The average Bonchev–Trinajstić information content (AvgIpc) is 2.60. The highest BCUT2D eigenvalue weighted by atomic mass is 16.5. The molecule has 2 aromatic rings. The lowest BCUT2D eigenvalue weighted by Gasteiger charge is -2.33. The molecule has 1 aliphatic heterocycles. The highest BCUT2D eigenvalue weighted by Crippen LogP contribution is 2.24. The van der Waals surface area contributed by atoms with Crippen molar-refractivity contribution in [3.8, 4) is 11.4 Å². The predicted molar refractivity (Wildman–Crippen MR) is 91.4 cm³/mol. The van der Waals surface area contributed by atoms with Gasteiger partial charge in [0.1, 0.15) is 5.82 Å². The Morgan fingerprint density at radius 1 is 1.35 bits per heavy atom. The average molecular weight is 312 g/mol. The molecule has 0 spiro atoms. The number of rotatable bonds is 5. The van der Waals surface area contributed by atoms with E-state index < -0.39 is 0 Å². The van der Waals surface area contributed by atoms with Crippen LogP contribution in [0.2, 0.25) is 0 Å². The van der Waals surface area contributed by atoms with Gasteiger partial charge in [-0.1, -0.05) is 0 Å². The zero-order chi connectivity index (χ0) is 16.1. The molecule has 5 heteroatoms. The summed E-state index contributed by atoms with van der Waals surface area (Å²) in [5.41, 5.74) is 1.95. The van der Waals surface area contributed by atoms with E-state index in [-0.39, 0.29) is 0 Å². The van der Waals surface area contributed by atoms with Crippen LogP contribution in [0.1, 0.15) is 25.5 Å². The van der Waals surface area contributed by atoms with Crippen molar-refractivity contribution in [2.45, 2.75) is 26.7 Å². The summed E-state index contributed by atoms with van der Waals surface area (Å²) in [5, 5.41) is 0. The first-order valence-corrected chi connectivity index (χ1v) is 8.35. The Morgan fingerprint density at radius 3 is 3.04 bits per heavy atom. The number of aromatic nitrogens is 3. The Kier molecular flexibility index (Phi) is 5.18. The molecule has 2 aromatic heterocycles. The molecule has 0 N–H and O–H groups in total. The molecule has 1 saturated heterocycles. The largest absolute Gasteiger partial charge is 0.381 e. The van der Waals surface area contributed by atoms with Crippen molar-refractivity contribution in [3.63, 3.8) is 0 Å². The highest BCUT2D eigenvalue weighted by Gasteiger charge is 2.22. The van der Waals surface area contributed by atoms with Crippen LogP contribution in [0.25, 0.3) is 11.4 Å². The van der Waals surface area contributed by atoms with Crippen LogP contribution >= 0.6 is 0 Å². The van der Waals surface area contributed by atoms with Crippen LogP contribution in [0.15, 0.2) is 30.6 Å². The lowest BCUT2D eigenvalue weighted by molar-refractivity contribution is 0.104. The van der Waals surface area contributed by atoms with Crippen molar-refractivity contribution < 1.29 is 4.74 Å². The van der Waals surface area contributed by atoms with Gasteiger partial charge in [-0.2, -0.15) is 0 Å². The molecule has 3 rings (SSSR count). The monoisotopic (exact) mass is 312 g/mol. The van der Waals surface area contributed by atoms with Crippen molar-refractivity contribution in [3.05, 3.63) is 36.3 Å². The maximum atomic E-state index is 5.61. The van der Waals surface area contributed by atoms with Crippen molar-refractivity contribution in [2.75, 3.05) is 31.2 Å². The number of nitrogens with zero attached hydrogens (tertiary/aromatic N) is 4. The number of pyridine rings is 1. The fraction of sp³-hybridized carbons (Fsp3) is 0.500. The summed E-state index contributed by atoms with van der Waals surface area (Å²) in [6, 6.07) is 5.99. The minimum Gasteiger partial charge on any atom is -0.381 e. The Hall–Kier alpha value is -2.01. The molecule has 0 saturated carbocycles. The quantitative estimate of drug-likeness (QED) is 0.849. The number of hydrogen-bond donors (Lipinski definition) is 0. The summed E-state index contributed by atoms with van der Waals surface area (Å²) >= 11 is 0. The van der Waals surface area contributed by atoms with Gasteiger partial charge in [0.25, 0.3) is 0 Å². The molecule has 23 heavy (non-hydrogen) atoms. The van der Waals surface area contributed by atoms with Crippen molar-refractivity contribution >= 4 is 5.82 Å². The molecule has 0 amide bonds. The number of anilines is 1. The summed E-state index contributed by atoms with van der Waals surface area (Å²) in [7, 11) is 0. The van der Waals surface area contributed by atoms with Crippen LogP contribution in [0, 0.1) is 12.8 Å². The summed E-state index contributed by atoms with van der Waals surface area (Å²) < 4.78 is 5.61. The van der Waals surface area contributed by atoms with Gasteiger partial charge < -0.3 is 9.64 Å². The van der Waals surface area contributed by atoms with E-state index >= 15 is 0 Å². The molecular formula is C18H24N4O. The van der Waals surface area contributed by atoms with E-state index in [2.05, 4.69) is 27.9 Å². The summed E-state index contributed by atoms with van der Waals surface area (Å²) in [6.07, 6.45) is 5.99. The van der Waals surface area contributed by atoms with Gasteiger partial charge in [-0.25, -0.2) is 9.97 Å². The molecule has 0 aliphatic carbocycles. The van der Waals surface area contributed by atoms with E-state index in [0.29, 0.717) is 5.92 Å². The second-order valence-electron chi connectivity index (χ2n) is 6.05. The topological polar surface area (TPSA) is 51.1 Å². The molecule has 5 nitrogen and oxygen atoms in total. The standard InChI is InChI=1S/C18H24N4O/c1-3-23-13-15-6-5-9-22(12-15)17-10-14(2)20-18(21-17)16-7-4-8-19-11-16/h4,7-8,10-11,15H,3,5-6,9,12-13H2,1-2H3. The third kappa shape index (κ3) is 4.05. The molecule has 1 fully saturated rings. The van der Waals surface area contributed by atoms with Crippen LogP contribution in [0.4, 0.5) is 5.82 Å². The van der Waals surface area contributed by atoms with Crippen LogP contribution in [-0.2, 0) is 4.74 Å². The van der Waals surface area contributed by atoms with Crippen molar-refractivity contribution in [1.29, 1.82) is 0 Å². The first kappa shape index (κ1) is 15.9. The van der Waals surface area contributed by atoms with E-state index in [1.54, 1.807) is 6.20 Å². The third-order valence-corrected chi connectivity index (χ3v) is 4.16. The Bertz CT molecular complexity index is 632. The van der Waals surface area contributed by atoms with Gasteiger partial charge in [0, 0.05) is 49.4 Å². The second-order valence-corrected chi connectivity index (χ2v) is 6.05. The maximum Gasteiger partial charge on any atom is 0.163 e. The van der Waals surface area contributed by atoms with E-state index in [0.717, 1.165) is 49.2 Å². The SMILES string of the molecule is CCOCC1CCCN(c2cc(C)nc(-c3cccnc3)n2)C1. The summed E-state index contributed by atoms with van der Waals surface area (Å²) in [5.74, 6) is 2.35. The molecular weight excluding hydrogens is 288 g/mol. The molecule has 0 radical (unpaired) electrons. The highest BCUT2D eigenvalue weighted by molar-refractivity contribution is 5.56. The van der Waals surface area contributed by atoms with Crippen molar-refractivity contribution in [2.24, 2.45) is 5.92 Å². The Morgan fingerprint density at radius 2 is 2.26 bits per heavy atom. The Labute approximate surface area is 137 Å². The van der Waals surface area contributed by atoms with Gasteiger partial charge in [-0.3, -0.25) is 4.98 Å². The van der Waals surface area contributed by atoms with E-state index in [9.17, 15) is 0 Å². The molecule has 1 unspecified atom stereocenters. The van der Waals surface area contributed by atoms with Crippen LogP contribution in [-0.4, -0.2) is 41.3 Å². The van der Waals surface area contributed by atoms with E-state index in [1.807, 2.05) is 25.3 Å². The molecule has 0 aromatic carbocycles. The minimum atomic E-state index is 0.584. The fourth-order valence-corrected chi connectivity index (χ4v) is 3.03. The number of aryl methyl sites for hydroxylation is 1. The lowest BCUT2D eigenvalue weighted by atomic mass is 9.99. The van der Waals surface area contributed by atoms with Gasteiger partial charge in [0.05, 0.1) is 6.61 Å². The van der Waals surface area contributed by atoms with Gasteiger partial charge in [-0.15, -0.1) is 0 Å². The zero-order valence-electron chi connectivity index (χ0n) is 13.9. The van der Waals surface area contributed by atoms with Gasteiger partial charge >= 0.3 is 0 Å². The molecule has 3 heterocycles. The molecule has 122 valence electrons. The Balaban J connectivity index is 1.81. The molecule has 1 aliphatic rings. The van der Waals surface area contributed by atoms with E-state index in [1.165, 1.54) is 12.8 Å². The van der Waals surface area contributed by atoms with Crippen LogP contribution < -0.4 is 4.90 Å². The van der Waals surface area contributed by atoms with Gasteiger partial charge in [-0.05, 0) is 44.7 Å². The van der Waals surface area contributed by atoms with E-state index in [4.69, 9.17) is 9.72 Å². The molecule has 0 bridgehead atoms. The predicted octanol–water partition coefficient (Wildman–Crippen LogP) is 3.10. The summed E-state index contributed by atoms with van der Waals surface area (Å²) in [6.45, 7) is 7.75. The second kappa shape index (κ2) is 7.51. The first-order valence-electron chi connectivity index (χ1n) is 8.35. The zero-order valence-corrected chi connectivity index (χ0v) is 13.9. The first-order chi connectivity index (χ1) is 11.3. The third-order valence-electron chi connectivity index (χ3n) is 4.16. The molecule has 1 atom stereocenters. The minimum absolute atomic E-state index is 0.584. The lowest BCUT2D eigenvalue weighted by Crippen LogP contribution is -2.37. The van der Waals surface area contributed by atoms with Crippen molar-refractivity contribution in [1.82, 2.24) is 15.0 Å². The summed E-state index contributed by atoms with van der Waals surface area (Å²) in [4.78, 5) is 15.9. The van der Waals surface area contributed by atoms with Crippen LogP contribution in [0.5, 0.6) is 0 Å².